The number of hydrogen-bond donors (Lipinski definition) is 0. The molecule has 5 rings (SSSR count). The van der Waals surface area contributed by atoms with Crippen LogP contribution in [-0.4, -0.2) is 9.38 Å². The Hall–Kier alpha value is -2.20. The predicted molar refractivity (Wildman–Crippen MR) is 82.7 cm³/mol. The third kappa shape index (κ3) is 1.04. The largest absolute Gasteiger partial charge is 0.308 e. The molecule has 4 heteroatoms. The van der Waals surface area contributed by atoms with Crippen molar-refractivity contribution < 1.29 is 4.57 Å². The number of aromatic nitrogens is 3. The van der Waals surface area contributed by atoms with Crippen molar-refractivity contribution in [3.05, 3.63) is 42.5 Å². The number of aryl methyl sites for hydroxylation is 2. The Morgan fingerprint density at radius 1 is 1.15 bits per heavy atom. The molecule has 4 heterocycles. The molecule has 0 fully saturated rings. The van der Waals surface area contributed by atoms with Gasteiger partial charge in [-0.1, -0.05) is 11.1 Å². The molecule has 0 N–H and O–H groups in total. The van der Waals surface area contributed by atoms with Crippen LogP contribution in [0, 0.1) is 6.92 Å². The van der Waals surface area contributed by atoms with Gasteiger partial charge < -0.3 is 4.40 Å². The van der Waals surface area contributed by atoms with E-state index >= 15 is 0 Å². The summed E-state index contributed by atoms with van der Waals surface area (Å²) in [5.74, 6) is 0. The van der Waals surface area contributed by atoms with Crippen molar-refractivity contribution in [1.29, 1.82) is 0 Å². The summed E-state index contributed by atoms with van der Waals surface area (Å²) in [6.45, 7) is 2.20. The number of fused-ring (bicyclic) bond motifs is 3. The van der Waals surface area contributed by atoms with Crippen LogP contribution in [0.4, 0.5) is 0 Å². The summed E-state index contributed by atoms with van der Waals surface area (Å²) in [5.41, 5.74) is 5.09. The molecule has 4 aromatic heterocycles. The maximum absolute atomic E-state index is 4.36. The molecule has 20 heavy (non-hydrogen) atoms. The highest BCUT2D eigenvalue weighted by atomic mass is 32.1. The third-order valence-corrected chi connectivity index (χ3v) is 5.32. The molecule has 0 saturated heterocycles. The van der Waals surface area contributed by atoms with Gasteiger partial charge in [0.25, 0.3) is 6.33 Å². The first-order valence-electron chi connectivity index (χ1n) is 6.63. The Kier molecular flexibility index (Phi) is 1.73. The van der Waals surface area contributed by atoms with Crippen LogP contribution in [0.3, 0.4) is 0 Å². The molecule has 5 aromatic rings. The molecule has 0 saturated carbocycles. The van der Waals surface area contributed by atoms with E-state index in [9.17, 15) is 0 Å². The Morgan fingerprint density at radius 3 is 2.95 bits per heavy atom. The lowest BCUT2D eigenvalue weighted by Crippen LogP contribution is -2.30. The molecule has 1 aromatic carbocycles. The second-order valence-electron chi connectivity index (χ2n) is 5.37. The first kappa shape index (κ1) is 10.6. The van der Waals surface area contributed by atoms with Gasteiger partial charge in [-0.05, 0) is 24.6 Å². The van der Waals surface area contributed by atoms with Crippen LogP contribution in [0.5, 0.6) is 0 Å². The van der Waals surface area contributed by atoms with Gasteiger partial charge in [-0.25, -0.2) is 4.57 Å². The van der Waals surface area contributed by atoms with Crippen LogP contribution in [0.25, 0.3) is 36.7 Å². The van der Waals surface area contributed by atoms with E-state index in [1.54, 1.807) is 0 Å². The van der Waals surface area contributed by atoms with Crippen LogP contribution < -0.4 is 4.57 Å². The van der Waals surface area contributed by atoms with E-state index in [1.165, 1.54) is 42.3 Å². The minimum Gasteiger partial charge on any atom is -0.308 e. The molecule has 0 atom stereocenters. The minimum absolute atomic E-state index is 1.17. The smallest absolute Gasteiger partial charge is 0.286 e. The van der Waals surface area contributed by atoms with Crippen LogP contribution >= 0.6 is 11.3 Å². The highest BCUT2D eigenvalue weighted by molar-refractivity contribution is 7.26. The number of benzene rings is 1. The standard InChI is InChI=1S/C16H12N3S/c1-9-3-4-11-14-13(9)15-10(7-17-8-18(15)2)19-6-5-12(20-11)16(14)19/h3-8H,1-2H3/q+1. The van der Waals surface area contributed by atoms with Crippen LogP contribution in [0.1, 0.15) is 5.56 Å². The topological polar surface area (TPSA) is 21.2 Å². The lowest BCUT2D eigenvalue weighted by Gasteiger charge is -2.09. The van der Waals surface area contributed by atoms with Gasteiger partial charge in [0.15, 0.2) is 11.7 Å². The summed E-state index contributed by atoms with van der Waals surface area (Å²) in [4.78, 5) is 4.36. The van der Waals surface area contributed by atoms with Gasteiger partial charge in [0.05, 0.1) is 17.3 Å². The van der Waals surface area contributed by atoms with E-state index in [1.807, 2.05) is 23.9 Å². The highest BCUT2D eigenvalue weighted by Gasteiger charge is 2.20. The Balaban J connectivity index is 2.35. The van der Waals surface area contributed by atoms with Crippen LogP contribution in [0.15, 0.2) is 36.9 Å². The number of pyridine rings is 1. The van der Waals surface area contributed by atoms with Crippen molar-refractivity contribution in [3.8, 4) is 0 Å². The number of thiophene rings is 1. The SMILES string of the molecule is Cc1ccc2sc3ccn4c5cnc[n+](C)c5c1c2c34. The van der Waals surface area contributed by atoms with E-state index in [2.05, 4.69) is 52.3 Å². The zero-order valence-electron chi connectivity index (χ0n) is 11.2. The average molecular weight is 278 g/mol. The monoisotopic (exact) mass is 278 g/mol. The number of hydrogen-bond acceptors (Lipinski definition) is 2. The van der Waals surface area contributed by atoms with Gasteiger partial charge in [0, 0.05) is 21.7 Å². The Labute approximate surface area is 119 Å². The van der Waals surface area contributed by atoms with Crippen molar-refractivity contribution in [1.82, 2.24) is 9.38 Å². The van der Waals surface area contributed by atoms with E-state index in [-0.39, 0.29) is 0 Å². The maximum Gasteiger partial charge on any atom is 0.286 e. The molecule has 0 spiro atoms. The first-order chi connectivity index (χ1) is 9.75. The van der Waals surface area contributed by atoms with Gasteiger partial charge in [0.2, 0.25) is 0 Å². The van der Waals surface area contributed by atoms with Gasteiger partial charge in [-0.2, -0.15) is 0 Å². The molecular formula is C16H12N3S+. The van der Waals surface area contributed by atoms with E-state index in [0.717, 1.165) is 0 Å². The van der Waals surface area contributed by atoms with E-state index < -0.39 is 0 Å². The van der Waals surface area contributed by atoms with Crippen LogP contribution in [0.2, 0.25) is 0 Å². The zero-order chi connectivity index (χ0) is 13.4. The van der Waals surface area contributed by atoms with E-state index in [0.29, 0.717) is 0 Å². The highest BCUT2D eigenvalue weighted by Crippen LogP contribution is 2.41. The van der Waals surface area contributed by atoms with Crippen molar-refractivity contribution >= 4 is 48.1 Å². The summed E-state index contributed by atoms with van der Waals surface area (Å²) in [5, 5.41) is 2.75. The van der Waals surface area contributed by atoms with Gasteiger partial charge in [0.1, 0.15) is 5.52 Å². The quantitative estimate of drug-likeness (QED) is 0.314. The van der Waals surface area contributed by atoms with Crippen molar-refractivity contribution in [2.24, 2.45) is 7.05 Å². The Bertz CT molecular complexity index is 1120. The summed E-state index contributed by atoms with van der Waals surface area (Å²) in [7, 11) is 2.07. The van der Waals surface area contributed by atoms with E-state index in [4.69, 9.17) is 0 Å². The average Bonchev–Trinajstić information content (AvgIpc) is 3.00. The molecule has 0 unspecified atom stereocenters. The third-order valence-electron chi connectivity index (χ3n) is 4.21. The molecule has 3 nitrogen and oxygen atoms in total. The summed E-state index contributed by atoms with van der Waals surface area (Å²) in [6.07, 6.45) is 6.01. The molecule has 0 radical (unpaired) electrons. The van der Waals surface area contributed by atoms with Crippen molar-refractivity contribution in [2.75, 3.05) is 0 Å². The van der Waals surface area contributed by atoms with Gasteiger partial charge in [-0.15, -0.1) is 11.3 Å². The van der Waals surface area contributed by atoms with Crippen molar-refractivity contribution in [2.45, 2.75) is 6.92 Å². The van der Waals surface area contributed by atoms with Crippen LogP contribution in [-0.2, 0) is 7.05 Å². The second kappa shape index (κ2) is 3.27. The molecule has 0 aliphatic rings. The fourth-order valence-corrected chi connectivity index (χ4v) is 4.46. The number of rotatable bonds is 0. The maximum atomic E-state index is 4.36. The fraction of sp³-hybridized carbons (Fsp3) is 0.125. The Morgan fingerprint density at radius 2 is 2.05 bits per heavy atom. The predicted octanol–water partition coefficient (Wildman–Crippen LogP) is 3.43. The normalized spacial score (nSPS) is 12.5. The van der Waals surface area contributed by atoms with Gasteiger partial charge >= 0.3 is 0 Å². The minimum atomic E-state index is 1.17. The second-order valence-corrected chi connectivity index (χ2v) is 6.45. The summed E-state index contributed by atoms with van der Waals surface area (Å²) in [6, 6.07) is 6.68. The summed E-state index contributed by atoms with van der Waals surface area (Å²) < 4.78 is 7.13. The molecule has 0 bridgehead atoms. The fourth-order valence-electron chi connectivity index (χ4n) is 3.36. The summed E-state index contributed by atoms with van der Waals surface area (Å²) >= 11 is 1.87. The molecular weight excluding hydrogens is 266 g/mol. The molecule has 0 aliphatic heterocycles. The zero-order valence-corrected chi connectivity index (χ0v) is 12.0. The molecule has 96 valence electrons. The lowest BCUT2D eigenvalue weighted by molar-refractivity contribution is -0.647. The van der Waals surface area contributed by atoms with Gasteiger partial charge in [-0.3, -0.25) is 0 Å². The molecule has 0 aliphatic carbocycles. The lowest BCUT2D eigenvalue weighted by atomic mass is 10.0. The molecule has 0 amide bonds. The van der Waals surface area contributed by atoms with Crippen molar-refractivity contribution in [3.63, 3.8) is 0 Å². The number of nitrogens with zero attached hydrogens (tertiary/aromatic N) is 3. The first-order valence-corrected chi connectivity index (χ1v) is 7.45.